The first-order valence-electron chi connectivity index (χ1n) is 10.8. The number of aliphatic imine (C=N–C) groups is 1. The molecule has 1 saturated heterocycles. The van der Waals surface area contributed by atoms with Gasteiger partial charge in [-0.25, -0.2) is 0 Å². The summed E-state index contributed by atoms with van der Waals surface area (Å²) in [6.45, 7) is 7.61. The van der Waals surface area contributed by atoms with Gasteiger partial charge in [0.25, 0.3) is 0 Å². The van der Waals surface area contributed by atoms with Gasteiger partial charge in [0.1, 0.15) is 5.75 Å². The number of primary amides is 1. The molecule has 1 aliphatic heterocycles. The van der Waals surface area contributed by atoms with Gasteiger partial charge >= 0.3 is 0 Å². The maximum atomic E-state index is 11.2. The van der Waals surface area contributed by atoms with Gasteiger partial charge in [-0.15, -0.1) is 0 Å². The van der Waals surface area contributed by atoms with Crippen molar-refractivity contribution in [3.63, 3.8) is 0 Å². The highest BCUT2D eigenvalue weighted by Gasteiger charge is 2.22. The molecule has 1 aromatic rings. The summed E-state index contributed by atoms with van der Waals surface area (Å²) in [6.07, 6.45) is 4.92. The van der Waals surface area contributed by atoms with E-state index in [2.05, 4.69) is 39.6 Å². The molecule has 0 atom stereocenters. The lowest BCUT2D eigenvalue weighted by molar-refractivity contribution is -0.123. The first kappa shape index (κ1) is 23.0. The normalized spacial score (nSPS) is 15.9. The Bertz CT molecular complexity index is 625. The Morgan fingerprint density at radius 1 is 1.21 bits per heavy atom. The average molecular weight is 404 g/mol. The molecular formula is C22H37N5O2. The van der Waals surface area contributed by atoms with Crippen LogP contribution in [0.25, 0.3) is 0 Å². The van der Waals surface area contributed by atoms with Gasteiger partial charge < -0.3 is 26.0 Å². The minimum absolute atomic E-state index is 0.0718. The van der Waals surface area contributed by atoms with E-state index in [4.69, 9.17) is 10.5 Å². The number of nitrogens with one attached hydrogen (secondary N) is 2. The van der Waals surface area contributed by atoms with E-state index in [0.717, 1.165) is 83.1 Å². The second kappa shape index (κ2) is 13.0. The van der Waals surface area contributed by atoms with Gasteiger partial charge in [0.2, 0.25) is 5.91 Å². The molecule has 0 spiro atoms. The summed E-state index contributed by atoms with van der Waals surface area (Å²) in [4.78, 5) is 18.3. The van der Waals surface area contributed by atoms with E-state index in [1.54, 1.807) is 7.11 Å². The average Bonchev–Trinajstić information content (AvgIpc) is 2.74. The zero-order valence-corrected chi connectivity index (χ0v) is 18.0. The molecule has 1 aromatic carbocycles. The maximum absolute atomic E-state index is 11.2. The number of nitrogens with two attached hydrogens (primary N) is 1. The van der Waals surface area contributed by atoms with Crippen LogP contribution in [0.3, 0.4) is 0 Å². The number of benzene rings is 1. The van der Waals surface area contributed by atoms with E-state index in [1.807, 2.05) is 12.1 Å². The monoisotopic (exact) mass is 403 g/mol. The number of ether oxygens (including phenoxy) is 1. The fourth-order valence-corrected chi connectivity index (χ4v) is 3.54. The van der Waals surface area contributed by atoms with Crippen LogP contribution in [0.5, 0.6) is 5.75 Å². The highest BCUT2D eigenvalue weighted by Crippen LogP contribution is 2.16. The van der Waals surface area contributed by atoms with Crippen LogP contribution in [-0.2, 0) is 11.2 Å². The zero-order chi connectivity index (χ0) is 20.9. The molecule has 0 bridgehead atoms. The van der Waals surface area contributed by atoms with Crippen LogP contribution in [0.2, 0.25) is 0 Å². The van der Waals surface area contributed by atoms with E-state index in [0.29, 0.717) is 0 Å². The fourth-order valence-electron chi connectivity index (χ4n) is 3.54. The molecule has 1 aliphatic rings. The molecule has 7 nitrogen and oxygen atoms in total. The minimum atomic E-state index is -0.144. The van der Waals surface area contributed by atoms with Crippen LogP contribution in [0.4, 0.5) is 0 Å². The number of methoxy groups -OCH3 is 1. The van der Waals surface area contributed by atoms with E-state index >= 15 is 0 Å². The van der Waals surface area contributed by atoms with Gasteiger partial charge in [-0.3, -0.25) is 9.79 Å². The molecule has 1 heterocycles. The Balaban J connectivity index is 1.62. The Morgan fingerprint density at radius 2 is 1.93 bits per heavy atom. The number of piperidine rings is 1. The molecule has 0 aliphatic carbocycles. The van der Waals surface area contributed by atoms with Gasteiger partial charge in [-0.2, -0.15) is 0 Å². The summed E-state index contributed by atoms with van der Waals surface area (Å²) in [5.41, 5.74) is 6.67. The van der Waals surface area contributed by atoms with Gasteiger partial charge in [0.15, 0.2) is 5.96 Å². The van der Waals surface area contributed by atoms with Crippen molar-refractivity contribution in [1.82, 2.24) is 15.5 Å². The topological polar surface area (TPSA) is 92.0 Å². The number of guanidine groups is 1. The number of unbranched alkanes of at least 4 members (excludes halogenated alkanes) is 1. The third-order valence-corrected chi connectivity index (χ3v) is 5.35. The molecule has 1 fully saturated rings. The van der Waals surface area contributed by atoms with Crippen LogP contribution >= 0.6 is 0 Å². The van der Waals surface area contributed by atoms with E-state index in [9.17, 15) is 4.79 Å². The summed E-state index contributed by atoms with van der Waals surface area (Å²) in [5.74, 6) is 1.69. The van der Waals surface area contributed by atoms with Gasteiger partial charge in [0, 0.05) is 25.6 Å². The molecule has 2 rings (SSSR count). The fraction of sp³-hybridized carbons (Fsp3) is 0.636. The van der Waals surface area contributed by atoms with Crippen LogP contribution in [0.1, 0.15) is 38.2 Å². The Labute approximate surface area is 175 Å². The molecule has 1 amide bonds. The minimum Gasteiger partial charge on any atom is -0.497 e. The number of likely N-dealkylation sites (tertiary alicyclic amines) is 1. The molecule has 29 heavy (non-hydrogen) atoms. The first-order valence-corrected chi connectivity index (χ1v) is 10.8. The summed E-state index contributed by atoms with van der Waals surface area (Å²) >= 11 is 0. The molecule has 4 N–H and O–H groups in total. The van der Waals surface area contributed by atoms with Crippen molar-refractivity contribution in [2.45, 2.75) is 39.0 Å². The maximum Gasteiger partial charge on any atom is 0.220 e. The van der Waals surface area contributed by atoms with E-state index in [1.165, 1.54) is 5.56 Å². The molecule has 0 aromatic heterocycles. The van der Waals surface area contributed by atoms with Crippen molar-refractivity contribution < 1.29 is 9.53 Å². The largest absolute Gasteiger partial charge is 0.497 e. The highest BCUT2D eigenvalue weighted by molar-refractivity contribution is 5.79. The lowest BCUT2D eigenvalue weighted by Crippen LogP contribution is -2.39. The number of hydrogen-bond donors (Lipinski definition) is 3. The highest BCUT2D eigenvalue weighted by atomic mass is 16.5. The number of hydrogen-bond acceptors (Lipinski definition) is 4. The van der Waals surface area contributed by atoms with E-state index < -0.39 is 0 Å². The zero-order valence-electron chi connectivity index (χ0n) is 18.0. The molecule has 162 valence electrons. The van der Waals surface area contributed by atoms with Crippen molar-refractivity contribution >= 4 is 11.9 Å². The number of nitrogens with zero attached hydrogens (tertiary/aromatic N) is 2. The number of carbonyl (C=O) groups is 1. The molecule has 0 unspecified atom stereocenters. The molecule has 7 heteroatoms. The van der Waals surface area contributed by atoms with Crippen LogP contribution in [0, 0.1) is 5.92 Å². The van der Waals surface area contributed by atoms with Crippen molar-refractivity contribution in [2.75, 3.05) is 46.4 Å². The second-order valence-electron chi connectivity index (χ2n) is 7.51. The van der Waals surface area contributed by atoms with Crippen molar-refractivity contribution in [3.8, 4) is 5.75 Å². The first-order chi connectivity index (χ1) is 14.1. The summed E-state index contributed by atoms with van der Waals surface area (Å²) in [7, 11) is 1.68. The van der Waals surface area contributed by atoms with Crippen molar-refractivity contribution in [3.05, 3.63) is 29.8 Å². The van der Waals surface area contributed by atoms with Gasteiger partial charge in [-0.05, 0) is 76.4 Å². The number of rotatable bonds is 11. The lowest BCUT2D eigenvalue weighted by Gasteiger charge is -2.30. The second-order valence-corrected chi connectivity index (χ2v) is 7.51. The number of amides is 1. The Kier molecular flexibility index (Phi) is 10.3. The Hall–Kier alpha value is -2.28. The third kappa shape index (κ3) is 8.73. The predicted octanol–water partition coefficient (Wildman–Crippen LogP) is 1.77. The van der Waals surface area contributed by atoms with Crippen LogP contribution < -0.4 is 21.1 Å². The predicted molar refractivity (Wildman–Crippen MR) is 118 cm³/mol. The standard InChI is InChI=1S/C22H37N5O2/c1-3-24-22(26-14-10-18-6-8-20(29-2)9-7-18)25-13-4-5-15-27-16-11-19(12-17-27)21(23)28/h6-9,19H,3-5,10-17H2,1-2H3,(H2,23,28)(H2,24,25,26). The van der Waals surface area contributed by atoms with Crippen LogP contribution in [0.15, 0.2) is 29.3 Å². The SMILES string of the molecule is CCNC(=NCCCCN1CCC(C(N)=O)CC1)NCCc1ccc(OC)cc1. The van der Waals surface area contributed by atoms with Gasteiger partial charge in [-0.1, -0.05) is 12.1 Å². The summed E-state index contributed by atoms with van der Waals surface area (Å²) in [6, 6.07) is 8.17. The summed E-state index contributed by atoms with van der Waals surface area (Å²) < 4.78 is 5.19. The van der Waals surface area contributed by atoms with Gasteiger partial charge in [0.05, 0.1) is 7.11 Å². The lowest BCUT2D eigenvalue weighted by atomic mass is 9.96. The number of carbonyl (C=O) groups excluding carboxylic acids is 1. The third-order valence-electron chi connectivity index (χ3n) is 5.35. The smallest absolute Gasteiger partial charge is 0.220 e. The quantitative estimate of drug-likeness (QED) is 0.298. The van der Waals surface area contributed by atoms with E-state index in [-0.39, 0.29) is 11.8 Å². The molecular weight excluding hydrogens is 366 g/mol. The summed E-state index contributed by atoms with van der Waals surface area (Å²) in [5, 5.41) is 6.71. The molecule has 0 saturated carbocycles. The van der Waals surface area contributed by atoms with Crippen molar-refractivity contribution in [1.29, 1.82) is 0 Å². The van der Waals surface area contributed by atoms with Crippen molar-refractivity contribution in [2.24, 2.45) is 16.6 Å². The van der Waals surface area contributed by atoms with Crippen LogP contribution in [-0.4, -0.2) is 63.1 Å². The Morgan fingerprint density at radius 3 is 2.55 bits per heavy atom. The molecule has 0 radical (unpaired) electrons.